The number of carbonyl (C=O) groups excluding carboxylic acids is 2. The van der Waals surface area contributed by atoms with Crippen LogP contribution in [0.4, 0.5) is 8.78 Å². The molecule has 0 aromatic heterocycles. The van der Waals surface area contributed by atoms with E-state index in [1.165, 1.54) is 4.90 Å². The number of amides is 2. The first-order valence-corrected chi connectivity index (χ1v) is 12.2. The molecule has 0 spiro atoms. The average Bonchev–Trinajstić information content (AvgIpc) is 2.84. The molecule has 2 amide bonds. The van der Waals surface area contributed by atoms with Crippen molar-refractivity contribution in [2.45, 2.75) is 38.2 Å². The van der Waals surface area contributed by atoms with Crippen LogP contribution >= 0.6 is 11.6 Å². The zero-order chi connectivity index (χ0) is 25.0. The number of benzene rings is 2. The van der Waals surface area contributed by atoms with Gasteiger partial charge in [0.1, 0.15) is 29.6 Å². The van der Waals surface area contributed by atoms with E-state index in [2.05, 4.69) is 0 Å². The van der Waals surface area contributed by atoms with Gasteiger partial charge in [-0.3, -0.25) is 9.59 Å². The molecule has 6 nitrogen and oxygen atoms in total. The maximum Gasteiger partial charge on any atom is 0.254 e. The summed E-state index contributed by atoms with van der Waals surface area (Å²) < 4.78 is 39.6. The molecule has 2 aromatic carbocycles. The van der Waals surface area contributed by atoms with Crippen molar-refractivity contribution in [3.05, 3.63) is 64.2 Å². The summed E-state index contributed by atoms with van der Waals surface area (Å²) in [6.45, 7) is 3.72. The van der Waals surface area contributed by atoms with Crippen LogP contribution in [0.3, 0.4) is 0 Å². The predicted molar refractivity (Wildman–Crippen MR) is 128 cm³/mol. The van der Waals surface area contributed by atoms with Gasteiger partial charge in [0.25, 0.3) is 5.91 Å². The summed E-state index contributed by atoms with van der Waals surface area (Å²) in [4.78, 5) is 29.6. The van der Waals surface area contributed by atoms with Crippen LogP contribution in [0.2, 0.25) is 5.02 Å². The van der Waals surface area contributed by atoms with Crippen LogP contribution in [0.15, 0.2) is 36.4 Å². The maximum atomic E-state index is 13.7. The second-order valence-electron chi connectivity index (χ2n) is 9.23. The second kappa shape index (κ2) is 10.9. The second-order valence-corrected chi connectivity index (χ2v) is 9.64. The van der Waals surface area contributed by atoms with Crippen molar-refractivity contribution in [3.63, 3.8) is 0 Å². The van der Waals surface area contributed by atoms with E-state index in [1.54, 1.807) is 18.2 Å². The Morgan fingerprint density at radius 3 is 2.43 bits per heavy atom. The molecule has 2 aliphatic heterocycles. The molecule has 35 heavy (non-hydrogen) atoms. The molecule has 1 atom stereocenters. The molecule has 2 aromatic rings. The lowest BCUT2D eigenvalue weighted by Gasteiger charge is -2.43. The van der Waals surface area contributed by atoms with Gasteiger partial charge in [-0.25, -0.2) is 8.78 Å². The number of hydrogen-bond donors (Lipinski definition) is 0. The zero-order valence-electron chi connectivity index (χ0n) is 19.7. The first-order chi connectivity index (χ1) is 16.7. The molecule has 2 fully saturated rings. The number of carbonyl (C=O) groups is 2. The Bertz CT molecular complexity index is 1070. The summed E-state index contributed by atoms with van der Waals surface area (Å²) in [6, 6.07) is 8.00. The Balaban J connectivity index is 1.56. The van der Waals surface area contributed by atoms with Crippen molar-refractivity contribution in [1.29, 1.82) is 0 Å². The van der Waals surface area contributed by atoms with Gasteiger partial charge in [0.2, 0.25) is 5.91 Å². The van der Waals surface area contributed by atoms with E-state index in [0.717, 1.165) is 43.0 Å². The molecule has 188 valence electrons. The lowest BCUT2D eigenvalue weighted by atomic mass is 9.95. The van der Waals surface area contributed by atoms with E-state index < -0.39 is 23.1 Å². The van der Waals surface area contributed by atoms with Gasteiger partial charge in [-0.1, -0.05) is 11.6 Å². The van der Waals surface area contributed by atoms with Crippen LogP contribution in [-0.4, -0.2) is 66.6 Å². The molecule has 0 bridgehead atoms. The molecular weight excluding hydrogens is 478 g/mol. The molecule has 9 heteroatoms. The maximum absolute atomic E-state index is 13.7. The molecule has 4 rings (SSSR count). The highest BCUT2D eigenvalue weighted by molar-refractivity contribution is 6.31. The molecular formula is C26H29ClF2N2O4. The molecule has 0 radical (unpaired) electrons. The summed E-state index contributed by atoms with van der Waals surface area (Å²) in [5.74, 6) is -1.67. The lowest BCUT2D eigenvalue weighted by molar-refractivity contribution is -0.153. The number of hydrogen-bond acceptors (Lipinski definition) is 4. The summed E-state index contributed by atoms with van der Waals surface area (Å²) in [5.41, 5.74) is -0.353. The van der Waals surface area contributed by atoms with Gasteiger partial charge in [-0.05, 0) is 62.1 Å². The highest BCUT2D eigenvalue weighted by Gasteiger charge is 2.42. The average molecular weight is 507 g/mol. The van der Waals surface area contributed by atoms with Gasteiger partial charge in [0.15, 0.2) is 0 Å². The summed E-state index contributed by atoms with van der Waals surface area (Å²) in [6.07, 6.45) is 3.03. The van der Waals surface area contributed by atoms with Crippen LogP contribution in [0.25, 0.3) is 0 Å². The summed E-state index contributed by atoms with van der Waals surface area (Å²) >= 11 is 6.12. The van der Waals surface area contributed by atoms with E-state index in [4.69, 9.17) is 21.1 Å². The van der Waals surface area contributed by atoms with Crippen molar-refractivity contribution in [1.82, 2.24) is 9.80 Å². The molecule has 0 aliphatic carbocycles. The minimum Gasteiger partial charge on any atom is -0.490 e. The third kappa shape index (κ3) is 6.30. The van der Waals surface area contributed by atoms with Crippen LogP contribution in [0, 0.1) is 18.6 Å². The highest BCUT2D eigenvalue weighted by Crippen LogP contribution is 2.28. The normalized spacial score (nSPS) is 20.6. The van der Waals surface area contributed by atoms with E-state index in [0.29, 0.717) is 23.9 Å². The van der Waals surface area contributed by atoms with E-state index in [1.807, 2.05) is 11.8 Å². The number of likely N-dealkylation sites (tertiary alicyclic amines) is 1. The SMILES string of the molecule is Cc1cc(OCC2(CC(=O)N3CCCCC3)CN(C(=O)c3cc(F)cc(F)c3)CCO2)ccc1Cl. The molecule has 2 saturated heterocycles. The number of nitrogens with zero attached hydrogens (tertiary/aromatic N) is 2. The zero-order valence-corrected chi connectivity index (χ0v) is 20.5. The Kier molecular flexibility index (Phi) is 7.91. The van der Waals surface area contributed by atoms with Crippen molar-refractivity contribution < 1.29 is 27.8 Å². The number of rotatable bonds is 6. The molecule has 1 unspecified atom stereocenters. The molecule has 2 heterocycles. The van der Waals surface area contributed by atoms with Crippen LogP contribution in [0.5, 0.6) is 5.75 Å². The van der Waals surface area contributed by atoms with Gasteiger partial charge >= 0.3 is 0 Å². The van der Waals surface area contributed by atoms with Crippen LogP contribution in [-0.2, 0) is 9.53 Å². The first-order valence-electron chi connectivity index (χ1n) is 11.8. The smallest absolute Gasteiger partial charge is 0.254 e. The van der Waals surface area contributed by atoms with Gasteiger partial charge in [-0.2, -0.15) is 0 Å². The van der Waals surface area contributed by atoms with Gasteiger partial charge < -0.3 is 19.3 Å². The molecule has 2 aliphatic rings. The monoisotopic (exact) mass is 506 g/mol. The number of aryl methyl sites for hydroxylation is 1. The third-order valence-electron chi connectivity index (χ3n) is 6.46. The van der Waals surface area contributed by atoms with Crippen molar-refractivity contribution in [2.24, 2.45) is 0 Å². The van der Waals surface area contributed by atoms with Gasteiger partial charge in [0, 0.05) is 36.3 Å². The number of piperidine rings is 1. The quantitative estimate of drug-likeness (QED) is 0.573. The summed E-state index contributed by atoms with van der Waals surface area (Å²) in [5, 5.41) is 0.611. The van der Waals surface area contributed by atoms with Crippen molar-refractivity contribution in [3.8, 4) is 5.75 Å². The van der Waals surface area contributed by atoms with Crippen molar-refractivity contribution >= 4 is 23.4 Å². The fourth-order valence-corrected chi connectivity index (χ4v) is 4.69. The highest BCUT2D eigenvalue weighted by atomic mass is 35.5. The minimum atomic E-state index is -1.11. The number of morpholine rings is 1. The van der Waals surface area contributed by atoms with Gasteiger partial charge in [0.05, 0.1) is 19.6 Å². The largest absolute Gasteiger partial charge is 0.490 e. The third-order valence-corrected chi connectivity index (χ3v) is 6.88. The fraction of sp³-hybridized carbons (Fsp3) is 0.462. The van der Waals surface area contributed by atoms with Crippen LogP contribution in [0.1, 0.15) is 41.6 Å². The standard InChI is InChI=1S/C26H29ClF2N2O4/c1-18-11-22(5-6-23(18)27)34-17-26(15-24(32)30-7-3-2-4-8-30)16-31(9-10-35-26)25(33)19-12-20(28)14-21(29)13-19/h5-6,11-14H,2-4,7-10,15-17H2,1H3. The minimum absolute atomic E-state index is 0.0228. The predicted octanol–water partition coefficient (Wildman–Crippen LogP) is 4.62. The summed E-state index contributed by atoms with van der Waals surface area (Å²) in [7, 11) is 0. The van der Waals surface area contributed by atoms with E-state index in [9.17, 15) is 18.4 Å². The van der Waals surface area contributed by atoms with Crippen LogP contribution < -0.4 is 4.74 Å². The van der Waals surface area contributed by atoms with Gasteiger partial charge in [-0.15, -0.1) is 0 Å². The van der Waals surface area contributed by atoms with Crippen molar-refractivity contribution in [2.75, 3.05) is 39.4 Å². The Labute approximate surface area is 208 Å². The Morgan fingerprint density at radius 2 is 1.74 bits per heavy atom. The fourth-order valence-electron chi connectivity index (χ4n) is 4.58. The lowest BCUT2D eigenvalue weighted by Crippen LogP contribution is -2.58. The molecule has 0 N–H and O–H groups in total. The molecule has 0 saturated carbocycles. The Hall–Kier alpha value is -2.71. The topological polar surface area (TPSA) is 59.1 Å². The van der Waals surface area contributed by atoms with E-state index >= 15 is 0 Å². The van der Waals surface area contributed by atoms with E-state index in [-0.39, 0.29) is 44.2 Å². The first kappa shape index (κ1) is 25.4. The number of halogens is 3. The Morgan fingerprint density at radius 1 is 1.03 bits per heavy atom. The number of ether oxygens (including phenoxy) is 2.